The van der Waals surface area contributed by atoms with Gasteiger partial charge in [-0.25, -0.2) is 24.6 Å². The zero-order valence-corrected chi connectivity index (χ0v) is 17.5. The summed E-state index contributed by atoms with van der Waals surface area (Å²) in [4.78, 5) is 19.4. The Balaban J connectivity index is 1.00. The zero-order chi connectivity index (χ0) is 20.3. The number of halogens is 1. The Morgan fingerprint density at radius 2 is 2.03 bits per heavy atom. The normalized spacial score (nSPS) is 26.4. The molecule has 3 atom stereocenters. The third-order valence-electron chi connectivity index (χ3n) is 6.29. The van der Waals surface area contributed by atoms with Gasteiger partial charge in [-0.2, -0.15) is 5.10 Å². The van der Waals surface area contributed by atoms with Gasteiger partial charge in [-0.15, -0.1) is 0 Å². The van der Waals surface area contributed by atoms with E-state index in [0.29, 0.717) is 5.02 Å². The van der Waals surface area contributed by atoms with Crippen LogP contribution in [0.5, 0.6) is 0 Å². The molecule has 1 aliphatic carbocycles. The maximum absolute atomic E-state index is 5.89. The Morgan fingerprint density at radius 3 is 2.73 bits per heavy atom. The molecule has 2 N–H and O–H groups in total. The topological polar surface area (TPSA) is 96.2 Å². The molecule has 9 nitrogen and oxygen atoms in total. The minimum absolute atomic E-state index is 0.0667. The smallest absolute Gasteiger partial charge is 0.225 e. The fourth-order valence-corrected chi connectivity index (χ4v) is 4.66. The molecular formula is C20H26ClN9. The highest BCUT2D eigenvalue weighted by Crippen LogP contribution is 2.49. The summed E-state index contributed by atoms with van der Waals surface area (Å²) in [5, 5.41) is 11.5. The number of hydrogen-bond donors (Lipinski definition) is 2. The minimum atomic E-state index is 0.0667. The fourth-order valence-electron chi connectivity index (χ4n) is 4.56. The van der Waals surface area contributed by atoms with Crippen LogP contribution in [0, 0.1) is 17.8 Å². The number of anilines is 1. The second kappa shape index (κ2) is 8.69. The molecular weight excluding hydrogens is 402 g/mol. The average Bonchev–Trinajstić information content (AvgIpc) is 3.34. The van der Waals surface area contributed by atoms with Crippen molar-refractivity contribution < 1.29 is 0 Å². The lowest BCUT2D eigenvalue weighted by Crippen LogP contribution is -2.43. The van der Waals surface area contributed by atoms with E-state index in [1.165, 1.54) is 32.0 Å². The summed E-state index contributed by atoms with van der Waals surface area (Å²) in [6, 6.07) is 0. The van der Waals surface area contributed by atoms with E-state index < -0.39 is 0 Å². The van der Waals surface area contributed by atoms with Gasteiger partial charge in [0.25, 0.3) is 0 Å². The molecule has 158 valence electrons. The molecule has 0 spiro atoms. The number of rotatable bonds is 7. The molecule has 2 aliphatic heterocycles. The van der Waals surface area contributed by atoms with E-state index in [9.17, 15) is 0 Å². The van der Waals surface area contributed by atoms with Crippen LogP contribution in [0.15, 0.2) is 36.2 Å². The first-order valence-corrected chi connectivity index (χ1v) is 11.0. The van der Waals surface area contributed by atoms with Crippen LogP contribution in [-0.4, -0.2) is 56.7 Å². The summed E-state index contributed by atoms with van der Waals surface area (Å²) in [7, 11) is 0. The minimum Gasteiger partial charge on any atom is -0.368 e. The molecule has 1 unspecified atom stereocenters. The van der Waals surface area contributed by atoms with E-state index in [1.54, 1.807) is 23.4 Å². The largest absolute Gasteiger partial charge is 0.368 e. The lowest BCUT2D eigenvalue weighted by Gasteiger charge is -2.32. The number of aromatic nitrogens is 5. The summed E-state index contributed by atoms with van der Waals surface area (Å²) in [5.74, 6) is 4.11. The van der Waals surface area contributed by atoms with Crippen LogP contribution in [0.1, 0.15) is 25.7 Å². The summed E-state index contributed by atoms with van der Waals surface area (Å²) in [5.41, 5.74) is 0. The van der Waals surface area contributed by atoms with Crippen molar-refractivity contribution in [1.82, 2.24) is 35.4 Å². The first-order valence-electron chi connectivity index (χ1n) is 10.6. The molecule has 3 aliphatic rings. The van der Waals surface area contributed by atoms with Gasteiger partial charge >= 0.3 is 0 Å². The maximum atomic E-state index is 5.89. The van der Waals surface area contributed by atoms with E-state index >= 15 is 0 Å². The van der Waals surface area contributed by atoms with Crippen LogP contribution >= 0.6 is 11.6 Å². The molecule has 0 bridgehead atoms. The van der Waals surface area contributed by atoms with Gasteiger partial charge in [0.05, 0.1) is 17.4 Å². The van der Waals surface area contributed by atoms with Crippen molar-refractivity contribution in [3.63, 3.8) is 0 Å². The number of hydrogen-bond acceptors (Lipinski definition) is 8. The summed E-state index contributed by atoms with van der Waals surface area (Å²) in [6.07, 6.45) is 15.4. The van der Waals surface area contributed by atoms with E-state index in [4.69, 9.17) is 11.6 Å². The van der Waals surface area contributed by atoms with Gasteiger partial charge in [0.2, 0.25) is 5.95 Å². The van der Waals surface area contributed by atoms with Crippen molar-refractivity contribution in [2.24, 2.45) is 22.7 Å². The third-order valence-corrected chi connectivity index (χ3v) is 6.49. The van der Waals surface area contributed by atoms with Gasteiger partial charge in [-0.3, -0.25) is 5.32 Å². The molecule has 0 aromatic carbocycles. The lowest BCUT2D eigenvalue weighted by molar-refractivity contribution is 0.340. The predicted octanol–water partition coefficient (Wildman–Crippen LogP) is 2.01. The summed E-state index contributed by atoms with van der Waals surface area (Å²) < 4.78 is 1.64. The molecule has 10 heteroatoms. The van der Waals surface area contributed by atoms with E-state index in [-0.39, 0.29) is 6.17 Å². The first kappa shape index (κ1) is 19.4. The maximum Gasteiger partial charge on any atom is 0.225 e. The summed E-state index contributed by atoms with van der Waals surface area (Å²) >= 11 is 5.89. The second-order valence-electron chi connectivity index (χ2n) is 8.19. The molecule has 2 fully saturated rings. The molecule has 1 saturated heterocycles. The third kappa shape index (κ3) is 4.46. The highest BCUT2D eigenvalue weighted by atomic mass is 35.5. The Kier molecular flexibility index (Phi) is 5.63. The molecule has 2 aromatic heterocycles. The Labute approximate surface area is 180 Å². The first-order chi connectivity index (χ1) is 14.8. The predicted molar refractivity (Wildman–Crippen MR) is 116 cm³/mol. The van der Waals surface area contributed by atoms with Crippen LogP contribution in [-0.2, 0) is 0 Å². The molecule has 5 rings (SSSR count). The zero-order valence-electron chi connectivity index (χ0n) is 16.7. The SMILES string of the molecule is Clc1cnc(N2CCC([C@H]3C[C@H]3CCNC3C=NC(n4cncn4)=CN3)CC2)nc1. The fraction of sp³-hybridized carbons (Fsp3) is 0.550. The van der Waals surface area contributed by atoms with Gasteiger partial charge in [0, 0.05) is 25.5 Å². The quantitative estimate of drug-likeness (QED) is 0.697. The Hall–Kier alpha value is -2.52. The number of nitrogens with one attached hydrogen (secondary N) is 2. The van der Waals surface area contributed by atoms with Crippen LogP contribution in [0.2, 0.25) is 5.02 Å². The number of nitrogens with zero attached hydrogens (tertiary/aromatic N) is 7. The number of aliphatic imine (C=N–C) groups is 1. The van der Waals surface area contributed by atoms with E-state index in [0.717, 1.165) is 49.2 Å². The van der Waals surface area contributed by atoms with E-state index in [2.05, 4.69) is 40.6 Å². The standard InChI is InChI=1S/C20H26ClN9/c21-16-8-26-20(27-9-16)29-5-2-14(3-6-29)17-7-15(17)1-4-23-18-10-25-19(11-24-18)30-13-22-12-28-30/h8-15,17-18,23-24H,1-7H2/t15-,17-,18?/m1/s1. The van der Waals surface area contributed by atoms with Crippen molar-refractivity contribution in [1.29, 1.82) is 0 Å². The summed E-state index contributed by atoms with van der Waals surface area (Å²) in [6.45, 7) is 3.07. The molecule has 0 amide bonds. The van der Waals surface area contributed by atoms with Gasteiger partial charge in [0.1, 0.15) is 18.8 Å². The number of piperidine rings is 1. The van der Waals surface area contributed by atoms with Crippen LogP contribution in [0.25, 0.3) is 5.82 Å². The van der Waals surface area contributed by atoms with Crippen molar-refractivity contribution in [2.45, 2.75) is 31.8 Å². The van der Waals surface area contributed by atoms with Gasteiger partial charge in [-0.05, 0) is 50.0 Å². The van der Waals surface area contributed by atoms with Crippen LogP contribution in [0.4, 0.5) is 5.95 Å². The van der Waals surface area contributed by atoms with Crippen LogP contribution < -0.4 is 15.5 Å². The molecule has 1 saturated carbocycles. The lowest BCUT2D eigenvalue weighted by atomic mass is 9.90. The Bertz CT molecular complexity index is 888. The van der Waals surface area contributed by atoms with Crippen LogP contribution in [0.3, 0.4) is 0 Å². The van der Waals surface area contributed by atoms with Crippen molar-refractivity contribution in [3.05, 3.63) is 36.3 Å². The van der Waals surface area contributed by atoms with Gasteiger partial charge in [0.15, 0.2) is 5.82 Å². The monoisotopic (exact) mass is 427 g/mol. The molecule has 4 heterocycles. The van der Waals surface area contributed by atoms with Crippen molar-refractivity contribution in [3.8, 4) is 0 Å². The Morgan fingerprint density at radius 1 is 1.20 bits per heavy atom. The van der Waals surface area contributed by atoms with Gasteiger partial charge in [-0.1, -0.05) is 11.6 Å². The molecule has 30 heavy (non-hydrogen) atoms. The molecule has 2 aromatic rings. The molecule has 0 radical (unpaired) electrons. The second-order valence-corrected chi connectivity index (χ2v) is 8.63. The highest BCUT2D eigenvalue weighted by Gasteiger charge is 2.43. The van der Waals surface area contributed by atoms with Gasteiger partial charge < -0.3 is 10.2 Å². The average molecular weight is 428 g/mol. The highest BCUT2D eigenvalue weighted by molar-refractivity contribution is 6.30. The van der Waals surface area contributed by atoms with E-state index in [1.807, 2.05) is 12.4 Å². The van der Waals surface area contributed by atoms with Crippen molar-refractivity contribution in [2.75, 3.05) is 24.5 Å². The van der Waals surface area contributed by atoms with Crippen molar-refractivity contribution >= 4 is 29.6 Å².